The normalized spacial score (nSPS) is 17.7. The molecule has 1 aliphatic rings. The first-order chi connectivity index (χ1) is 11.1. The number of carbonyl (C=O) groups is 1. The standard InChI is InChI=1S/C16H17NO6/c1-2-5-21-12-4-3-10-6-13(16(20)23-14(10)7-12)15(19)17-8-11(18)9-22-17/h3-4,6-7,11,18H,2,5,8-9H2,1H3. The smallest absolute Gasteiger partial charge is 0.349 e. The Bertz CT molecular complexity index is 784. The van der Waals surface area contributed by atoms with Gasteiger partial charge in [0.05, 0.1) is 13.2 Å². The second-order valence-corrected chi connectivity index (χ2v) is 5.31. The van der Waals surface area contributed by atoms with Crippen molar-refractivity contribution in [2.24, 2.45) is 0 Å². The highest BCUT2D eigenvalue weighted by atomic mass is 16.7. The SMILES string of the molecule is CCCOc1ccc2cc(C(=O)N3CC(O)CO3)c(=O)oc2c1. The summed E-state index contributed by atoms with van der Waals surface area (Å²) in [6.45, 7) is 2.63. The molecule has 7 nitrogen and oxygen atoms in total. The van der Waals surface area contributed by atoms with Gasteiger partial charge in [-0.15, -0.1) is 0 Å². The fourth-order valence-corrected chi connectivity index (χ4v) is 2.30. The van der Waals surface area contributed by atoms with Gasteiger partial charge in [-0.05, 0) is 24.6 Å². The van der Waals surface area contributed by atoms with E-state index >= 15 is 0 Å². The molecule has 23 heavy (non-hydrogen) atoms. The first kappa shape index (κ1) is 15.5. The predicted molar refractivity (Wildman–Crippen MR) is 81.3 cm³/mol. The minimum atomic E-state index is -0.750. The molecule has 1 aliphatic heterocycles. The molecule has 0 saturated carbocycles. The lowest BCUT2D eigenvalue weighted by Crippen LogP contribution is -2.31. The number of aliphatic hydroxyl groups excluding tert-OH is 1. The monoisotopic (exact) mass is 319 g/mol. The molecule has 1 unspecified atom stereocenters. The van der Waals surface area contributed by atoms with Crippen molar-refractivity contribution in [2.75, 3.05) is 19.8 Å². The van der Waals surface area contributed by atoms with Crippen LogP contribution in [-0.2, 0) is 4.84 Å². The number of amides is 1. The van der Waals surface area contributed by atoms with Gasteiger partial charge in [-0.2, -0.15) is 0 Å². The number of hydroxylamine groups is 2. The Morgan fingerprint density at radius 3 is 2.96 bits per heavy atom. The largest absolute Gasteiger partial charge is 0.493 e. The van der Waals surface area contributed by atoms with Gasteiger partial charge in [0.1, 0.15) is 29.6 Å². The zero-order chi connectivity index (χ0) is 16.4. The van der Waals surface area contributed by atoms with E-state index in [1.54, 1.807) is 18.2 Å². The van der Waals surface area contributed by atoms with E-state index in [1.165, 1.54) is 6.07 Å². The van der Waals surface area contributed by atoms with Gasteiger partial charge in [0.15, 0.2) is 0 Å². The molecule has 122 valence electrons. The van der Waals surface area contributed by atoms with E-state index in [1.807, 2.05) is 6.92 Å². The van der Waals surface area contributed by atoms with Crippen LogP contribution >= 0.6 is 0 Å². The summed E-state index contributed by atoms with van der Waals surface area (Å²) in [4.78, 5) is 29.4. The highest BCUT2D eigenvalue weighted by Gasteiger charge is 2.29. The number of carbonyl (C=O) groups excluding carboxylic acids is 1. The van der Waals surface area contributed by atoms with Crippen LogP contribution < -0.4 is 10.4 Å². The highest BCUT2D eigenvalue weighted by Crippen LogP contribution is 2.21. The van der Waals surface area contributed by atoms with Crippen LogP contribution in [0.1, 0.15) is 23.7 Å². The molecule has 7 heteroatoms. The molecule has 2 aromatic rings. The maximum absolute atomic E-state index is 12.3. The zero-order valence-corrected chi connectivity index (χ0v) is 12.7. The van der Waals surface area contributed by atoms with E-state index in [-0.39, 0.29) is 18.7 Å². The number of hydrogen-bond donors (Lipinski definition) is 1. The number of aliphatic hydroxyl groups is 1. The third-order valence-corrected chi connectivity index (χ3v) is 3.44. The Labute approximate surface area is 132 Å². The molecule has 0 radical (unpaired) electrons. The molecule has 3 rings (SSSR count). The fourth-order valence-electron chi connectivity index (χ4n) is 2.30. The Hall–Kier alpha value is -2.38. The molecule has 1 amide bonds. The predicted octanol–water partition coefficient (Wildman–Crippen LogP) is 1.33. The maximum atomic E-state index is 12.3. The van der Waals surface area contributed by atoms with Gasteiger partial charge < -0.3 is 14.3 Å². The lowest BCUT2D eigenvalue weighted by molar-refractivity contribution is -0.0781. The van der Waals surface area contributed by atoms with Crippen molar-refractivity contribution in [2.45, 2.75) is 19.4 Å². The first-order valence-electron chi connectivity index (χ1n) is 7.42. The van der Waals surface area contributed by atoms with E-state index in [9.17, 15) is 14.7 Å². The van der Waals surface area contributed by atoms with Crippen LogP contribution in [0.2, 0.25) is 0 Å². The summed E-state index contributed by atoms with van der Waals surface area (Å²) in [6, 6.07) is 6.56. The minimum Gasteiger partial charge on any atom is -0.493 e. The molecule has 1 N–H and O–H groups in total. The van der Waals surface area contributed by atoms with Crippen LogP contribution in [0.4, 0.5) is 0 Å². The Morgan fingerprint density at radius 1 is 1.43 bits per heavy atom. The number of nitrogens with zero attached hydrogens (tertiary/aromatic N) is 1. The van der Waals surface area contributed by atoms with Gasteiger partial charge in [-0.25, -0.2) is 9.86 Å². The van der Waals surface area contributed by atoms with Crippen molar-refractivity contribution in [1.82, 2.24) is 5.06 Å². The average molecular weight is 319 g/mol. The summed E-state index contributed by atoms with van der Waals surface area (Å²) >= 11 is 0. The van der Waals surface area contributed by atoms with Crippen molar-refractivity contribution in [3.05, 3.63) is 40.2 Å². The molecule has 0 aliphatic carbocycles. The second kappa shape index (κ2) is 6.39. The number of ether oxygens (including phenoxy) is 1. The van der Waals surface area contributed by atoms with Crippen LogP contribution in [0.3, 0.4) is 0 Å². The summed E-state index contributed by atoms with van der Waals surface area (Å²) in [6.07, 6.45) is 0.127. The molecule has 1 atom stereocenters. The van der Waals surface area contributed by atoms with Crippen molar-refractivity contribution < 1.29 is 23.9 Å². The summed E-state index contributed by atoms with van der Waals surface area (Å²) in [5.74, 6) is -0.0175. The Kier molecular flexibility index (Phi) is 4.31. The van der Waals surface area contributed by atoms with Gasteiger partial charge in [0, 0.05) is 11.5 Å². The molecule has 1 aromatic heterocycles. The molecule has 0 spiro atoms. The number of hydrogen-bond acceptors (Lipinski definition) is 6. The average Bonchev–Trinajstić information content (AvgIpc) is 2.98. The van der Waals surface area contributed by atoms with Gasteiger partial charge >= 0.3 is 5.63 Å². The van der Waals surface area contributed by atoms with Crippen molar-refractivity contribution >= 4 is 16.9 Å². The molecular formula is C16H17NO6. The van der Waals surface area contributed by atoms with E-state index in [4.69, 9.17) is 14.0 Å². The lowest BCUT2D eigenvalue weighted by atomic mass is 10.1. The van der Waals surface area contributed by atoms with Crippen LogP contribution in [0.15, 0.2) is 33.5 Å². The fraction of sp³-hybridized carbons (Fsp3) is 0.375. The second-order valence-electron chi connectivity index (χ2n) is 5.31. The minimum absolute atomic E-state index is 0.0279. The summed E-state index contributed by atoms with van der Waals surface area (Å²) in [5.41, 5.74) is -0.531. The number of rotatable bonds is 4. The van der Waals surface area contributed by atoms with E-state index in [0.717, 1.165) is 11.5 Å². The quantitative estimate of drug-likeness (QED) is 0.855. The zero-order valence-electron chi connectivity index (χ0n) is 12.7. The van der Waals surface area contributed by atoms with Crippen molar-refractivity contribution in [3.8, 4) is 5.75 Å². The molecular weight excluding hydrogens is 302 g/mol. The van der Waals surface area contributed by atoms with Gasteiger partial charge in [-0.3, -0.25) is 9.63 Å². The van der Waals surface area contributed by atoms with E-state index < -0.39 is 17.6 Å². The van der Waals surface area contributed by atoms with E-state index in [0.29, 0.717) is 23.3 Å². The Balaban J connectivity index is 1.92. The molecule has 1 aromatic carbocycles. The third kappa shape index (κ3) is 3.20. The summed E-state index contributed by atoms with van der Waals surface area (Å²) < 4.78 is 10.7. The lowest BCUT2D eigenvalue weighted by Gasteiger charge is -2.13. The Morgan fingerprint density at radius 2 is 2.26 bits per heavy atom. The van der Waals surface area contributed by atoms with Crippen molar-refractivity contribution in [1.29, 1.82) is 0 Å². The van der Waals surface area contributed by atoms with Crippen LogP contribution in [0.25, 0.3) is 11.0 Å². The van der Waals surface area contributed by atoms with Gasteiger partial charge in [0.2, 0.25) is 0 Å². The third-order valence-electron chi connectivity index (χ3n) is 3.44. The van der Waals surface area contributed by atoms with Crippen LogP contribution in [-0.4, -0.2) is 41.9 Å². The maximum Gasteiger partial charge on any atom is 0.349 e. The first-order valence-corrected chi connectivity index (χ1v) is 7.42. The molecule has 1 saturated heterocycles. The number of β-amino-alcohol motifs (C(OH)–C–C–N with tert-alkyl or cyclic N) is 1. The molecule has 0 bridgehead atoms. The van der Waals surface area contributed by atoms with Gasteiger partial charge in [0.25, 0.3) is 5.91 Å². The van der Waals surface area contributed by atoms with Crippen molar-refractivity contribution in [3.63, 3.8) is 0 Å². The number of benzene rings is 1. The number of fused-ring (bicyclic) bond motifs is 1. The van der Waals surface area contributed by atoms with Crippen LogP contribution in [0.5, 0.6) is 5.75 Å². The molecule has 2 heterocycles. The van der Waals surface area contributed by atoms with Crippen LogP contribution in [0, 0.1) is 0 Å². The molecule has 1 fully saturated rings. The topological polar surface area (TPSA) is 89.2 Å². The van der Waals surface area contributed by atoms with E-state index in [2.05, 4.69) is 0 Å². The summed E-state index contributed by atoms with van der Waals surface area (Å²) in [5, 5.41) is 11.0. The highest BCUT2D eigenvalue weighted by molar-refractivity contribution is 5.96. The van der Waals surface area contributed by atoms with Gasteiger partial charge in [-0.1, -0.05) is 6.92 Å². The summed E-state index contributed by atoms with van der Waals surface area (Å²) in [7, 11) is 0.